The molecule has 3 aromatic rings. The van der Waals surface area contributed by atoms with Gasteiger partial charge in [0.2, 0.25) is 0 Å². The Kier molecular flexibility index (Phi) is 6.58. The van der Waals surface area contributed by atoms with Gasteiger partial charge in [-0.3, -0.25) is 14.5 Å². The number of esters is 1. The van der Waals surface area contributed by atoms with E-state index < -0.39 is 6.04 Å². The predicted molar refractivity (Wildman–Crippen MR) is 130 cm³/mol. The second-order valence-electron chi connectivity index (χ2n) is 10.1. The Bertz CT molecular complexity index is 1250. The van der Waals surface area contributed by atoms with E-state index >= 15 is 0 Å². The summed E-state index contributed by atoms with van der Waals surface area (Å²) in [5.41, 5.74) is 3.06. The number of piperidine rings is 1. The lowest BCUT2D eigenvalue weighted by molar-refractivity contribution is -0.149. The SMILES string of the molecule is CCOC(=O)C1CCN(C(c2cc3c(C)ccc(C)c3[nH]c2=O)c2nnnn2C(C)(C)C)CC1. The number of aryl methyl sites for hydroxylation is 2. The third-order valence-electron chi connectivity index (χ3n) is 6.66. The van der Waals surface area contributed by atoms with Gasteiger partial charge in [-0.2, -0.15) is 0 Å². The van der Waals surface area contributed by atoms with Crippen LogP contribution in [0.4, 0.5) is 0 Å². The van der Waals surface area contributed by atoms with Gasteiger partial charge in [0, 0.05) is 24.0 Å². The number of tetrazole rings is 1. The Morgan fingerprint density at radius 2 is 1.88 bits per heavy atom. The summed E-state index contributed by atoms with van der Waals surface area (Å²) in [6.07, 6.45) is 1.33. The number of carbonyl (C=O) groups is 1. The number of carbonyl (C=O) groups excluding carboxylic acids is 1. The maximum absolute atomic E-state index is 13.5. The lowest BCUT2D eigenvalue weighted by atomic mass is 9.93. The van der Waals surface area contributed by atoms with E-state index in [0.717, 1.165) is 22.0 Å². The molecule has 1 aliphatic rings. The molecular weight excluding hydrogens is 432 g/mol. The molecule has 1 unspecified atom stereocenters. The van der Waals surface area contributed by atoms with Crippen molar-refractivity contribution in [3.8, 4) is 0 Å². The molecule has 1 saturated heterocycles. The summed E-state index contributed by atoms with van der Waals surface area (Å²) < 4.78 is 7.03. The Morgan fingerprint density at radius 1 is 1.21 bits per heavy atom. The van der Waals surface area contributed by atoms with E-state index in [-0.39, 0.29) is 23.0 Å². The van der Waals surface area contributed by atoms with E-state index in [1.807, 2.05) is 53.7 Å². The van der Waals surface area contributed by atoms with Crippen LogP contribution in [0, 0.1) is 19.8 Å². The highest BCUT2D eigenvalue weighted by Gasteiger charge is 2.36. The van der Waals surface area contributed by atoms with Crippen molar-refractivity contribution < 1.29 is 9.53 Å². The molecule has 3 heterocycles. The van der Waals surface area contributed by atoms with Crippen LogP contribution in [-0.2, 0) is 15.1 Å². The van der Waals surface area contributed by atoms with Crippen molar-refractivity contribution in [2.45, 2.75) is 66.0 Å². The molecule has 0 bridgehead atoms. The lowest BCUT2D eigenvalue weighted by Crippen LogP contribution is -2.43. The minimum atomic E-state index is -0.439. The number of H-pyrrole nitrogens is 1. The number of nitrogens with one attached hydrogen (secondary N) is 1. The molecule has 2 aromatic heterocycles. The highest BCUT2D eigenvalue weighted by atomic mass is 16.5. The van der Waals surface area contributed by atoms with Crippen LogP contribution in [0.3, 0.4) is 0 Å². The molecule has 1 atom stereocenters. The van der Waals surface area contributed by atoms with Crippen LogP contribution >= 0.6 is 0 Å². The van der Waals surface area contributed by atoms with Crippen LogP contribution < -0.4 is 5.56 Å². The number of aromatic amines is 1. The first kappa shape index (κ1) is 24.1. The molecule has 9 nitrogen and oxygen atoms in total. The van der Waals surface area contributed by atoms with Gasteiger partial charge in [0.25, 0.3) is 5.56 Å². The maximum atomic E-state index is 13.5. The summed E-state index contributed by atoms with van der Waals surface area (Å²) in [6.45, 7) is 13.6. The minimum absolute atomic E-state index is 0.129. The number of fused-ring (bicyclic) bond motifs is 1. The summed E-state index contributed by atoms with van der Waals surface area (Å²) >= 11 is 0. The minimum Gasteiger partial charge on any atom is -0.466 e. The maximum Gasteiger partial charge on any atom is 0.309 e. The van der Waals surface area contributed by atoms with Crippen molar-refractivity contribution in [2.75, 3.05) is 19.7 Å². The van der Waals surface area contributed by atoms with Gasteiger partial charge < -0.3 is 9.72 Å². The quantitative estimate of drug-likeness (QED) is 0.575. The van der Waals surface area contributed by atoms with Crippen LogP contribution in [-0.4, -0.2) is 55.8 Å². The highest BCUT2D eigenvalue weighted by Crippen LogP contribution is 2.33. The standard InChI is InChI=1S/C25H34N6O3/c1-7-34-24(33)17-10-12-30(13-11-17)21(22-27-28-29-31(22)25(4,5)6)19-14-18-15(2)8-9-16(3)20(18)26-23(19)32/h8-9,14,17,21H,7,10-13H2,1-6H3,(H,26,32). The van der Waals surface area contributed by atoms with Gasteiger partial charge in [0.1, 0.15) is 6.04 Å². The average molecular weight is 467 g/mol. The van der Waals surface area contributed by atoms with E-state index in [2.05, 4.69) is 31.5 Å². The molecule has 0 spiro atoms. The summed E-state index contributed by atoms with van der Waals surface area (Å²) in [5.74, 6) is 0.348. The second kappa shape index (κ2) is 9.29. The number of hydrogen-bond acceptors (Lipinski definition) is 7. The van der Waals surface area contributed by atoms with Crippen molar-refractivity contribution in [1.29, 1.82) is 0 Å². The monoisotopic (exact) mass is 466 g/mol. The Hall–Kier alpha value is -3.07. The van der Waals surface area contributed by atoms with Crippen LogP contribution in [0.2, 0.25) is 0 Å². The largest absolute Gasteiger partial charge is 0.466 e. The van der Waals surface area contributed by atoms with Gasteiger partial charge in [-0.15, -0.1) is 5.10 Å². The van der Waals surface area contributed by atoms with Gasteiger partial charge >= 0.3 is 5.97 Å². The van der Waals surface area contributed by atoms with Crippen LogP contribution in [0.1, 0.15) is 69.1 Å². The third-order valence-corrected chi connectivity index (χ3v) is 6.66. The van der Waals surface area contributed by atoms with E-state index in [9.17, 15) is 9.59 Å². The molecular formula is C25H34N6O3. The number of pyridine rings is 1. The van der Waals surface area contributed by atoms with Gasteiger partial charge in [-0.05, 0) is 82.0 Å². The Morgan fingerprint density at radius 3 is 2.53 bits per heavy atom. The van der Waals surface area contributed by atoms with Crippen molar-refractivity contribution in [2.24, 2.45) is 5.92 Å². The van der Waals surface area contributed by atoms with E-state index in [4.69, 9.17) is 4.74 Å². The molecule has 0 aliphatic carbocycles. The number of nitrogens with zero attached hydrogens (tertiary/aromatic N) is 5. The third kappa shape index (κ3) is 4.49. The number of ether oxygens (including phenoxy) is 1. The van der Waals surface area contributed by atoms with E-state index in [1.165, 1.54) is 0 Å². The van der Waals surface area contributed by atoms with Crippen molar-refractivity contribution >= 4 is 16.9 Å². The number of rotatable bonds is 5. The fourth-order valence-electron chi connectivity index (χ4n) is 4.79. The van der Waals surface area contributed by atoms with Gasteiger partial charge in [-0.25, -0.2) is 4.68 Å². The van der Waals surface area contributed by atoms with E-state index in [1.54, 1.807) is 4.68 Å². The lowest BCUT2D eigenvalue weighted by Gasteiger charge is -2.37. The molecule has 0 saturated carbocycles. The summed E-state index contributed by atoms with van der Waals surface area (Å²) in [5, 5.41) is 13.6. The number of likely N-dealkylation sites (tertiary alicyclic amines) is 1. The molecule has 0 amide bonds. The van der Waals surface area contributed by atoms with E-state index in [0.29, 0.717) is 43.9 Å². The van der Waals surface area contributed by atoms with Gasteiger partial charge in [0.05, 0.1) is 23.6 Å². The summed E-state index contributed by atoms with van der Waals surface area (Å²) in [7, 11) is 0. The molecule has 1 N–H and O–H groups in total. The van der Waals surface area contributed by atoms with Crippen molar-refractivity contribution in [3.05, 3.63) is 51.1 Å². The number of hydrogen-bond donors (Lipinski definition) is 1. The fourth-order valence-corrected chi connectivity index (χ4v) is 4.79. The van der Waals surface area contributed by atoms with Crippen LogP contribution in [0.5, 0.6) is 0 Å². The zero-order valence-corrected chi connectivity index (χ0v) is 20.9. The molecule has 9 heteroatoms. The predicted octanol–water partition coefficient (Wildman–Crippen LogP) is 3.25. The summed E-state index contributed by atoms with van der Waals surface area (Å²) in [4.78, 5) is 31.1. The molecule has 4 rings (SSSR count). The summed E-state index contributed by atoms with van der Waals surface area (Å²) in [6, 6.07) is 5.63. The Labute approximate surface area is 199 Å². The fraction of sp³-hybridized carbons (Fsp3) is 0.560. The Balaban J connectivity index is 1.82. The van der Waals surface area contributed by atoms with Crippen molar-refractivity contribution in [3.63, 3.8) is 0 Å². The number of benzene rings is 1. The smallest absolute Gasteiger partial charge is 0.309 e. The zero-order chi connectivity index (χ0) is 24.6. The molecule has 1 aliphatic heterocycles. The normalized spacial score (nSPS) is 16.6. The molecule has 1 aromatic carbocycles. The molecule has 182 valence electrons. The molecule has 34 heavy (non-hydrogen) atoms. The van der Waals surface area contributed by atoms with Crippen molar-refractivity contribution in [1.82, 2.24) is 30.1 Å². The average Bonchev–Trinajstić information content (AvgIpc) is 3.28. The highest BCUT2D eigenvalue weighted by molar-refractivity contribution is 5.85. The topological polar surface area (TPSA) is 106 Å². The van der Waals surface area contributed by atoms with Gasteiger partial charge in [0.15, 0.2) is 5.82 Å². The number of aromatic nitrogens is 5. The first-order valence-corrected chi connectivity index (χ1v) is 11.9. The molecule has 0 radical (unpaired) electrons. The first-order valence-electron chi connectivity index (χ1n) is 11.9. The van der Waals surface area contributed by atoms with Gasteiger partial charge in [-0.1, -0.05) is 12.1 Å². The first-order chi connectivity index (χ1) is 16.1. The zero-order valence-electron chi connectivity index (χ0n) is 20.9. The second-order valence-corrected chi connectivity index (χ2v) is 10.1. The molecule has 1 fully saturated rings. The van der Waals surface area contributed by atoms with Crippen LogP contribution in [0.25, 0.3) is 10.9 Å². The van der Waals surface area contributed by atoms with Crippen LogP contribution in [0.15, 0.2) is 23.0 Å².